The second-order valence-electron chi connectivity index (χ2n) is 3.71. The van der Waals surface area contributed by atoms with Crippen molar-refractivity contribution in [3.05, 3.63) is 33.5 Å². The minimum Gasteiger partial charge on any atom is -0.321 e. The molecule has 1 saturated carbocycles. The molecule has 1 fully saturated rings. The van der Waals surface area contributed by atoms with Crippen LogP contribution in [0.5, 0.6) is 0 Å². The topological polar surface area (TPSA) is 26.0 Å². The van der Waals surface area contributed by atoms with E-state index in [-0.39, 0.29) is 5.82 Å². The molecule has 0 amide bonds. The van der Waals surface area contributed by atoms with E-state index >= 15 is 0 Å². The zero-order valence-electron chi connectivity index (χ0n) is 7.40. The van der Waals surface area contributed by atoms with E-state index in [9.17, 15) is 4.39 Å². The van der Waals surface area contributed by atoms with Gasteiger partial charge in [0.05, 0.1) is 0 Å². The monoisotopic (exact) mass is 243 g/mol. The van der Waals surface area contributed by atoms with Gasteiger partial charge in [-0.15, -0.1) is 0 Å². The molecule has 0 saturated heterocycles. The van der Waals surface area contributed by atoms with Crippen molar-refractivity contribution in [2.45, 2.75) is 25.3 Å². The number of benzene rings is 1. The van der Waals surface area contributed by atoms with Gasteiger partial charge in [-0.25, -0.2) is 4.39 Å². The second kappa shape index (κ2) is 2.79. The SMILES string of the molecule is Cc1ccc(F)c(C2(N)CC2)c1Br. The molecule has 13 heavy (non-hydrogen) atoms. The number of hydrogen-bond donors (Lipinski definition) is 1. The van der Waals surface area contributed by atoms with E-state index in [0.29, 0.717) is 5.56 Å². The fourth-order valence-corrected chi connectivity index (χ4v) is 2.21. The molecule has 0 unspecified atom stereocenters. The fourth-order valence-electron chi connectivity index (χ4n) is 1.50. The predicted octanol–water partition coefficient (Wildman–Crippen LogP) is 2.84. The minimum absolute atomic E-state index is 0.197. The molecule has 0 atom stereocenters. The molecule has 0 radical (unpaired) electrons. The van der Waals surface area contributed by atoms with Crippen molar-refractivity contribution in [1.82, 2.24) is 0 Å². The highest BCUT2D eigenvalue weighted by molar-refractivity contribution is 9.10. The molecular formula is C10H11BrFN. The average molecular weight is 244 g/mol. The Labute approximate surface area is 85.3 Å². The summed E-state index contributed by atoms with van der Waals surface area (Å²) in [6, 6.07) is 3.25. The standard InChI is InChI=1S/C10H11BrFN/c1-6-2-3-7(12)8(9(6)11)10(13)4-5-10/h2-3H,4-5,13H2,1H3. The summed E-state index contributed by atoms with van der Waals surface area (Å²) in [7, 11) is 0. The summed E-state index contributed by atoms with van der Waals surface area (Å²) in [5.41, 5.74) is 7.24. The first-order valence-electron chi connectivity index (χ1n) is 4.28. The summed E-state index contributed by atoms with van der Waals surface area (Å²) >= 11 is 3.39. The van der Waals surface area contributed by atoms with Crippen molar-refractivity contribution in [3.63, 3.8) is 0 Å². The zero-order chi connectivity index (χ0) is 9.64. The van der Waals surface area contributed by atoms with Gasteiger partial charge in [-0.2, -0.15) is 0 Å². The summed E-state index contributed by atoms with van der Waals surface area (Å²) < 4.78 is 14.3. The average Bonchev–Trinajstić information content (AvgIpc) is 2.78. The maximum atomic E-state index is 13.5. The van der Waals surface area contributed by atoms with E-state index < -0.39 is 5.54 Å². The summed E-state index contributed by atoms with van der Waals surface area (Å²) in [5.74, 6) is -0.197. The third kappa shape index (κ3) is 1.40. The van der Waals surface area contributed by atoms with E-state index in [2.05, 4.69) is 15.9 Å². The Bertz CT molecular complexity index is 358. The normalized spacial score (nSPS) is 18.8. The van der Waals surface area contributed by atoms with Gasteiger partial charge < -0.3 is 5.73 Å². The number of nitrogens with two attached hydrogens (primary N) is 1. The van der Waals surface area contributed by atoms with Gasteiger partial charge in [0.15, 0.2) is 0 Å². The summed E-state index contributed by atoms with van der Waals surface area (Å²) in [6.07, 6.45) is 1.76. The summed E-state index contributed by atoms with van der Waals surface area (Å²) in [5, 5.41) is 0. The van der Waals surface area contributed by atoms with Crippen LogP contribution in [0.2, 0.25) is 0 Å². The van der Waals surface area contributed by atoms with Gasteiger partial charge in [0.2, 0.25) is 0 Å². The molecule has 0 aliphatic heterocycles. The molecule has 1 nitrogen and oxygen atoms in total. The van der Waals surface area contributed by atoms with Crippen molar-refractivity contribution < 1.29 is 4.39 Å². The number of hydrogen-bond acceptors (Lipinski definition) is 1. The smallest absolute Gasteiger partial charge is 0.129 e. The molecular weight excluding hydrogens is 233 g/mol. The highest BCUT2D eigenvalue weighted by Crippen LogP contribution is 2.47. The Balaban J connectivity index is 2.61. The van der Waals surface area contributed by atoms with Crippen LogP contribution in [-0.4, -0.2) is 0 Å². The van der Waals surface area contributed by atoms with Gasteiger partial charge >= 0.3 is 0 Å². The molecule has 0 bridgehead atoms. The molecule has 1 aliphatic rings. The maximum absolute atomic E-state index is 13.5. The Kier molecular flexibility index (Phi) is 1.96. The zero-order valence-corrected chi connectivity index (χ0v) is 8.99. The van der Waals surface area contributed by atoms with Gasteiger partial charge in [-0.1, -0.05) is 22.0 Å². The Morgan fingerprint density at radius 1 is 1.46 bits per heavy atom. The van der Waals surface area contributed by atoms with Gasteiger partial charge in [0.25, 0.3) is 0 Å². The van der Waals surface area contributed by atoms with Crippen LogP contribution in [0.25, 0.3) is 0 Å². The number of rotatable bonds is 1. The first kappa shape index (κ1) is 9.16. The van der Waals surface area contributed by atoms with Crippen LogP contribution in [0.1, 0.15) is 24.0 Å². The fraction of sp³-hybridized carbons (Fsp3) is 0.400. The van der Waals surface area contributed by atoms with Gasteiger partial charge in [-0.3, -0.25) is 0 Å². The third-order valence-electron chi connectivity index (χ3n) is 2.57. The molecule has 70 valence electrons. The van der Waals surface area contributed by atoms with Crippen LogP contribution in [-0.2, 0) is 5.54 Å². The highest BCUT2D eigenvalue weighted by atomic mass is 79.9. The second-order valence-corrected chi connectivity index (χ2v) is 4.50. The Morgan fingerprint density at radius 3 is 2.62 bits per heavy atom. The molecule has 1 aromatic rings. The van der Waals surface area contributed by atoms with Crippen molar-refractivity contribution in [2.24, 2.45) is 5.73 Å². The molecule has 0 heterocycles. The lowest BCUT2D eigenvalue weighted by atomic mass is 10.0. The lowest BCUT2D eigenvalue weighted by molar-refractivity contribution is 0.575. The van der Waals surface area contributed by atoms with E-state index in [1.807, 2.05) is 6.92 Å². The van der Waals surface area contributed by atoms with E-state index in [4.69, 9.17) is 5.73 Å². The Hall–Kier alpha value is -0.410. The minimum atomic E-state index is -0.408. The van der Waals surface area contributed by atoms with E-state index in [1.54, 1.807) is 6.07 Å². The maximum Gasteiger partial charge on any atom is 0.129 e. The van der Waals surface area contributed by atoms with E-state index in [1.165, 1.54) is 6.07 Å². The molecule has 3 heteroatoms. The van der Waals surface area contributed by atoms with Crippen molar-refractivity contribution >= 4 is 15.9 Å². The highest BCUT2D eigenvalue weighted by Gasteiger charge is 2.43. The van der Waals surface area contributed by atoms with Gasteiger partial charge in [-0.05, 0) is 31.4 Å². The largest absolute Gasteiger partial charge is 0.321 e. The Morgan fingerprint density at radius 2 is 2.08 bits per heavy atom. The quantitative estimate of drug-likeness (QED) is 0.807. The van der Waals surface area contributed by atoms with Crippen LogP contribution in [0.3, 0.4) is 0 Å². The molecule has 1 aromatic carbocycles. The lowest BCUT2D eigenvalue weighted by Crippen LogP contribution is -2.21. The molecule has 2 rings (SSSR count). The first-order valence-corrected chi connectivity index (χ1v) is 5.08. The van der Waals surface area contributed by atoms with Crippen LogP contribution in [0.4, 0.5) is 4.39 Å². The van der Waals surface area contributed by atoms with Gasteiger partial charge in [0, 0.05) is 15.6 Å². The van der Waals surface area contributed by atoms with Crippen LogP contribution < -0.4 is 5.73 Å². The van der Waals surface area contributed by atoms with Crippen LogP contribution >= 0.6 is 15.9 Å². The number of halogens is 2. The van der Waals surface area contributed by atoms with Crippen molar-refractivity contribution in [3.8, 4) is 0 Å². The molecule has 0 spiro atoms. The van der Waals surface area contributed by atoms with Crippen LogP contribution in [0, 0.1) is 12.7 Å². The summed E-state index contributed by atoms with van der Waals surface area (Å²) in [4.78, 5) is 0. The van der Waals surface area contributed by atoms with Gasteiger partial charge in [0.1, 0.15) is 5.82 Å². The van der Waals surface area contributed by atoms with Crippen molar-refractivity contribution in [1.29, 1.82) is 0 Å². The lowest BCUT2D eigenvalue weighted by Gasteiger charge is -2.14. The molecule has 2 N–H and O–H groups in total. The van der Waals surface area contributed by atoms with Crippen molar-refractivity contribution in [2.75, 3.05) is 0 Å². The van der Waals surface area contributed by atoms with Crippen LogP contribution in [0.15, 0.2) is 16.6 Å². The number of aryl methyl sites for hydroxylation is 1. The third-order valence-corrected chi connectivity index (χ3v) is 3.59. The summed E-state index contributed by atoms with van der Waals surface area (Å²) in [6.45, 7) is 1.94. The van der Waals surface area contributed by atoms with E-state index in [0.717, 1.165) is 22.9 Å². The first-order chi connectivity index (χ1) is 6.04. The molecule has 0 aromatic heterocycles. The molecule has 1 aliphatic carbocycles. The predicted molar refractivity (Wildman–Crippen MR) is 53.9 cm³/mol.